The zero-order valence-electron chi connectivity index (χ0n) is 18.6. The SMILES string of the molecule is COc1ccc(S(=O)(=O)N2CCC(C)CC2)cc1C(=O)NCCOc1ccc(C)c(Cl)c1. The van der Waals surface area contributed by atoms with E-state index in [4.69, 9.17) is 21.1 Å². The molecule has 3 rings (SSSR count). The zero-order valence-corrected chi connectivity index (χ0v) is 20.1. The predicted molar refractivity (Wildman–Crippen MR) is 124 cm³/mol. The van der Waals surface area contributed by atoms with E-state index < -0.39 is 15.9 Å². The number of sulfonamides is 1. The number of rotatable bonds is 8. The standard InChI is InChI=1S/C23H29ClN2O5S/c1-16-8-11-26(12-9-16)32(28,29)19-6-7-22(30-3)20(15-19)23(27)25-10-13-31-18-5-4-17(2)21(24)14-18/h4-7,14-16H,8-13H2,1-3H3,(H,25,27). The summed E-state index contributed by atoms with van der Waals surface area (Å²) in [6, 6.07) is 9.75. The third-order valence-electron chi connectivity index (χ3n) is 5.60. The molecular formula is C23H29ClN2O5S. The number of hydrogen-bond acceptors (Lipinski definition) is 5. The van der Waals surface area contributed by atoms with E-state index in [0.717, 1.165) is 18.4 Å². The van der Waals surface area contributed by atoms with Crippen molar-refractivity contribution in [3.8, 4) is 11.5 Å². The lowest BCUT2D eigenvalue weighted by molar-refractivity contribution is 0.0943. The van der Waals surface area contributed by atoms with Gasteiger partial charge in [0.05, 0.1) is 24.1 Å². The van der Waals surface area contributed by atoms with Crippen molar-refractivity contribution in [3.63, 3.8) is 0 Å². The first-order valence-corrected chi connectivity index (χ1v) is 12.4. The van der Waals surface area contributed by atoms with Crippen LogP contribution in [0.25, 0.3) is 0 Å². The quantitative estimate of drug-likeness (QED) is 0.579. The maximum absolute atomic E-state index is 13.1. The number of nitrogens with one attached hydrogen (secondary N) is 1. The van der Waals surface area contributed by atoms with Crippen LogP contribution in [0.15, 0.2) is 41.3 Å². The third kappa shape index (κ3) is 5.74. The van der Waals surface area contributed by atoms with Crippen molar-refractivity contribution in [2.45, 2.75) is 31.6 Å². The molecule has 174 valence electrons. The van der Waals surface area contributed by atoms with Crippen LogP contribution in [-0.2, 0) is 10.0 Å². The lowest BCUT2D eigenvalue weighted by Crippen LogP contribution is -2.38. The average Bonchev–Trinajstić information content (AvgIpc) is 2.78. The van der Waals surface area contributed by atoms with Gasteiger partial charge in [0, 0.05) is 18.1 Å². The Kier molecular flexibility index (Phi) is 8.03. The smallest absolute Gasteiger partial charge is 0.255 e. The fourth-order valence-electron chi connectivity index (χ4n) is 3.49. The summed E-state index contributed by atoms with van der Waals surface area (Å²) >= 11 is 6.09. The minimum atomic E-state index is -3.67. The number of halogens is 1. The Morgan fingerprint density at radius 1 is 1.19 bits per heavy atom. The number of benzene rings is 2. The summed E-state index contributed by atoms with van der Waals surface area (Å²) in [5, 5.41) is 3.36. The molecule has 0 aliphatic carbocycles. The molecular weight excluding hydrogens is 452 g/mol. The number of aryl methyl sites for hydroxylation is 1. The summed E-state index contributed by atoms with van der Waals surface area (Å²) < 4.78 is 38.5. The van der Waals surface area contributed by atoms with Crippen molar-refractivity contribution in [1.82, 2.24) is 9.62 Å². The Morgan fingerprint density at radius 2 is 1.91 bits per heavy atom. The van der Waals surface area contributed by atoms with E-state index in [0.29, 0.717) is 35.5 Å². The second-order valence-corrected chi connectivity index (χ2v) is 10.3. The highest BCUT2D eigenvalue weighted by Crippen LogP contribution is 2.27. The van der Waals surface area contributed by atoms with Crippen molar-refractivity contribution in [2.24, 2.45) is 5.92 Å². The molecule has 9 heteroatoms. The van der Waals surface area contributed by atoms with Gasteiger partial charge in [0.1, 0.15) is 18.1 Å². The second-order valence-electron chi connectivity index (χ2n) is 7.96. The van der Waals surface area contributed by atoms with Crippen LogP contribution in [0.2, 0.25) is 5.02 Å². The summed E-state index contributed by atoms with van der Waals surface area (Å²) in [5.41, 5.74) is 1.12. The van der Waals surface area contributed by atoms with Gasteiger partial charge in [0.15, 0.2) is 0 Å². The van der Waals surface area contributed by atoms with E-state index in [2.05, 4.69) is 12.2 Å². The van der Waals surface area contributed by atoms with E-state index in [1.165, 1.54) is 29.6 Å². The lowest BCUT2D eigenvalue weighted by atomic mass is 10.0. The number of ether oxygens (including phenoxy) is 2. The van der Waals surface area contributed by atoms with E-state index in [1.54, 1.807) is 6.07 Å². The Morgan fingerprint density at radius 3 is 2.56 bits per heavy atom. The molecule has 32 heavy (non-hydrogen) atoms. The van der Waals surface area contributed by atoms with Crippen molar-refractivity contribution in [3.05, 3.63) is 52.5 Å². The zero-order chi connectivity index (χ0) is 23.3. The van der Waals surface area contributed by atoms with Gasteiger partial charge < -0.3 is 14.8 Å². The highest BCUT2D eigenvalue weighted by molar-refractivity contribution is 7.89. The van der Waals surface area contributed by atoms with Crippen molar-refractivity contribution >= 4 is 27.5 Å². The molecule has 1 N–H and O–H groups in total. The number of nitrogens with zero attached hydrogens (tertiary/aromatic N) is 1. The molecule has 1 amide bonds. The van der Waals surface area contributed by atoms with Gasteiger partial charge in [-0.3, -0.25) is 4.79 Å². The van der Waals surface area contributed by atoms with E-state index in [-0.39, 0.29) is 23.6 Å². The van der Waals surface area contributed by atoms with Crippen LogP contribution in [0.3, 0.4) is 0 Å². The van der Waals surface area contributed by atoms with Gasteiger partial charge in [0.2, 0.25) is 10.0 Å². The first-order valence-electron chi connectivity index (χ1n) is 10.6. The molecule has 2 aromatic rings. The molecule has 1 aliphatic rings. The Balaban J connectivity index is 1.66. The molecule has 0 aromatic heterocycles. The van der Waals surface area contributed by atoms with Gasteiger partial charge in [0.25, 0.3) is 5.91 Å². The molecule has 1 heterocycles. The molecule has 2 aromatic carbocycles. The van der Waals surface area contributed by atoms with Crippen LogP contribution in [0.4, 0.5) is 0 Å². The van der Waals surface area contributed by atoms with Gasteiger partial charge in [-0.25, -0.2) is 8.42 Å². The number of amides is 1. The van der Waals surface area contributed by atoms with Crippen molar-refractivity contribution < 1.29 is 22.7 Å². The molecule has 0 bridgehead atoms. The summed E-state index contributed by atoms with van der Waals surface area (Å²) in [5.74, 6) is 0.991. The highest BCUT2D eigenvalue weighted by Gasteiger charge is 2.29. The molecule has 1 fully saturated rings. The number of methoxy groups -OCH3 is 1. The number of piperidine rings is 1. The van der Waals surface area contributed by atoms with Crippen LogP contribution >= 0.6 is 11.6 Å². The fourth-order valence-corrected chi connectivity index (χ4v) is 5.16. The summed E-state index contributed by atoms with van der Waals surface area (Å²) in [4.78, 5) is 12.8. The average molecular weight is 481 g/mol. The summed E-state index contributed by atoms with van der Waals surface area (Å²) in [6.45, 7) is 5.46. The van der Waals surface area contributed by atoms with Crippen molar-refractivity contribution in [2.75, 3.05) is 33.4 Å². The first kappa shape index (κ1) is 24.4. The van der Waals surface area contributed by atoms with E-state index in [9.17, 15) is 13.2 Å². The van der Waals surface area contributed by atoms with Crippen LogP contribution in [-0.4, -0.2) is 52.0 Å². The molecule has 1 saturated heterocycles. The number of carbonyl (C=O) groups excluding carboxylic acids is 1. The third-order valence-corrected chi connectivity index (χ3v) is 7.90. The lowest BCUT2D eigenvalue weighted by Gasteiger charge is -2.29. The Hall–Kier alpha value is -2.29. The van der Waals surface area contributed by atoms with Gasteiger partial charge in [-0.15, -0.1) is 0 Å². The normalized spacial score (nSPS) is 15.4. The van der Waals surface area contributed by atoms with E-state index >= 15 is 0 Å². The monoisotopic (exact) mass is 480 g/mol. The topological polar surface area (TPSA) is 84.9 Å². The molecule has 0 spiro atoms. The van der Waals surface area contributed by atoms with Crippen LogP contribution in [0.1, 0.15) is 35.7 Å². The van der Waals surface area contributed by atoms with Crippen molar-refractivity contribution in [1.29, 1.82) is 0 Å². The van der Waals surface area contributed by atoms with Gasteiger partial charge in [-0.05, 0) is 61.6 Å². The van der Waals surface area contributed by atoms with Crippen LogP contribution in [0, 0.1) is 12.8 Å². The number of carbonyl (C=O) groups is 1. The fraction of sp³-hybridized carbons (Fsp3) is 0.435. The maximum atomic E-state index is 13.1. The Labute approximate surface area is 194 Å². The largest absolute Gasteiger partial charge is 0.496 e. The highest BCUT2D eigenvalue weighted by atomic mass is 35.5. The second kappa shape index (κ2) is 10.6. The van der Waals surface area contributed by atoms with Crippen LogP contribution in [0.5, 0.6) is 11.5 Å². The molecule has 1 aliphatic heterocycles. The molecule has 0 radical (unpaired) electrons. The van der Waals surface area contributed by atoms with Gasteiger partial charge in [-0.2, -0.15) is 4.31 Å². The molecule has 0 saturated carbocycles. The molecule has 0 unspecified atom stereocenters. The first-order chi connectivity index (χ1) is 15.2. The Bertz CT molecular complexity index is 1070. The maximum Gasteiger partial charge on any atom is 0.255 e. The van der Waals surface area contributed by atoms with E-state index in [1.807, 2.05) is 19.1 Å². The van der Waals surface area contributed by atoms with Gasteiger partial charge >= 0.3 is 0 Å². The van der Waals surface area contributed by atoms with Crippen LogP contribution < -0.4 is 14.8 Å². The molecule has 0 atom stereocenters. The minimum Gasteiger partial charge on any atom is -0.496 e. The van der Waals surface area contributed by atoms with Gasteiger partial charge in [-0.1, -0.05) is 24.6 Å². The number of hydrogen-bond donors (Lipinski definition) is 1. The molecule has 7 nitrogen and oxygen atoms in total. The predicted octanol–water partition coefficient (Wildman–Crippen LogP) is 3.89. The summed E-state index contributed by atoms with van der Waals surface area (Å²) in [7, 11) is -2.23. The summed E-state index contributed by atoms with van der Waals surface area (Å²) in [6.07, 6.45) is 1.66. The minimum absolute atomic E-state index is 0.0866.